The first-order valence-corrected chi connectivity index (χ1v) is 11.5. The zero-order valence-electron chi connectivity index (χ0n) is 19.5. The molecule has 1 aromatic carbocycles. The van der Waals surface area contributed by atoms with Crippen LogP contribution in [-0.2, 0) is 6.54 Å². The van der Waals surface area contributed by atoms with Crippen LogP contribution in [0.4, 0.5) is 0 Å². The highest BCUT2D eigenvalue weighted by atomic mass is 127. The van der Waals surface area contributed by atoms with E-state index in [1.54, 1.807) is 0 Å². The number of benzene rings is 1. The lowest BCUT2D eigenvalue weighted by Gasteiger charge is -2.40. The zero-order chi connectivity index (χ0) is 22.2. The summed E-state index contributed by atoms with van der Waals surface area (Å²) in [5.74, 6) is 1.65. The molecule has 1 aliphatic heterocycles. The second-order valence-electron chi connectivity index (χ2n) is 8.25. The molecule has 0 bridgehead atoms. The molecule has 3 aromatic rings. The molecule has 0 saturated carbocycles. The summed E-state index contributed by atoms with van der Waals surface area (Å²) < 4.78 is 1.98. The number of hydrogen-bond acceptors (Lipinski definition) is 5. The number of nitrogens with zero attached hydrogens (tertiary/aromatic N) is 6. The van der Waals surface area contributed by atoms with Crippen molar-refractivity contribution >= 4 is 35.6 Å². The van der Waals surface area contributed by atoms with Gasteiger partial charge in [0.25, 0.3) is 0 Å². The molecule has 9 heteroatoms. The molecular weight excluding hydrogens is 527 g/mol. The van der Waals surface area contributed by atoms with Crippen molar-refractivity contribution in [3.05, 3.63) is 66.1 Å². The Morgan fingerprint density at radius 1 is 1.06 bits per heavy atom. The number of hydrogen-bond donors (Lipinski definition) is 2. The molecule has 4 rings (SSSR count). The van der Waals surface area contributed by atoms with Crippen molar-refractivity contribution in [3.63, 3.8) is 0 Å². The Morgan fingerprint density at radius 2 is 1.88 bits per heavy atom. The minimum atomic E-state index is 0. The van der Waals surface area contributed by atoms with Gasteiger partial charge in [-0.1, -0.05) is 36.4 Å². The predicted octanol–water partition coefficient (Wildman–Crippen LogP) is 2.78. The topological polar surface area (TPSA) is 73.1 Å². The van der Waals surface area contributed by atoms with Crippen molar-refractivity contribution in [2.24, 2.45) is 4.99 Å². The van der Waals surface area contributed by atoms with Crippen LogP contribution in [0.15, 0.2) is 59.7 Å². The summed E-state index contributed by atoms with van der Waals surface area (Å²) in [5.41, 5.74) is 2.25. The molecule has 0 aliphatic carbocycles. The number of likely N-dealkylation sites (N-methyl/N-ethyl adjacent to an activating group) is 1. The van der Waals surface area contributed by atoms with E-state index in [0.717, 1.165) is 63.1 Å². The first-order valence-electron chi connectivity index (χ1n) is 11.5. The van der Waals surface area contributed by atoms with Crippen LogP contribution in [0.1, 0.15) is 30.8 Å². The fourth-order valence-electron chi connectivity index (χ4n) is 4.20. The minimum Gasteiger partial charge on any atom is -0.357 e. The van der Waals surface area contributed by atoms with E-state index in [1.807, 2.05) is 28.8 Å². The highest BCUT2D eigenvalue weighted by molar-refractivity contribution is 14.0. The summed E-state index contributed by atoms with van der Waals surface area (Å²) in [6.45, 7) is 8.62. The smallest absolute Gasteiger partial charge is 0.191 e. The number of fused-ring (bicyclic) bond motifs is 1. The largest absolute Gasteiger partial charge is 0.357 e. The van der Waals surface area contributed by atoms with Crippen molar-refractivity contribution in [3.8, 4) is 0 Å². The quantitative estimate of drug-likeness (QED) is 0.191. The summed E-state index contributed by atoms with van der Waals surface area (Å²) in [7, 11) is 2.21. The van der Waals surface area contributed by atoms with Crippen LogP contribution in [0.3, 0.4) is 0 Å². The van der Waals surface area contributed by atoms with Crippen LogP contribution in [0.2, 0.25) is 0 Å². The second kappa shape index (κ2) is 12.9. The molecule has 1 atom stereocenters. The van der Waals surface area contributed by atoms with Gasteiger partial charge in [0, 0.05) is 51.5 Å². The monoisotopic (exact) mass is 562 g/mol. The standard InChI is InChI=1S/C24H34N8.HI/c1-3-25-24(27-18-23-29-28-22-12-7-8-15-32(22)23)26-13-9-14-31-17-16-30(2)19-21(31)20-10-5-4-6-11-20;/h4-8,10-12,15,21H,3,9,13-14,16-19H2,1-2H3,(H2,25,26,27);1H. The number of halogens is 1. The van der Waals surface area contributed by atoms with Crippen LogP contribution in [0.5, 0.6) is 0 Å². The van der Waals surface area contributed by atoms with Crippen molar-refractivity contribution in [1.29, 1.82) is 0 Å². The van der Waals surface area contributed by atoms with E-state index in [-0.39, 0.29) is 24.0 Å². The van der Waals surface area contributed by atoms with Crippen LogP contribution >= 0.6 is 24.0 Å². The SMILES string of the molecule is CCNC(=NCc1nnc2ccccn12)NCCCN1CCN(C)CC1c1ccccc1.I. The number of rotatable bonds is 8. The number of pyridine rings is 1. The van der Waals surface area contributed by atoms with Crippen molar-refractivity contribution < 1.29 is 0 Å². The summed E-state index contributed by atoms with van der Waals surface area (Å²) in [6.07, 6.45) is 3.03. The molecule has 1 unspecified atom stereocenters. The van der Waals surface area contributed by atoms with Crippen LogP contribution in [-0.4, -0.2) is 76.7 Å². The zero-order valence-corrected chi connectivity index (χ0v) is 21.9. The van der Waals surface area contributed by atoms with Crippen molar-refractivity contribution in [2.45, 2.75) is 25.9 Å². The normalized spacial score (nSPS) is 17.6. The maximum absolute atomic E-state index is 4.71. The number of aromatic nitrogens is 3. The molecule has 33 heavy (non-hydrogen) atoms. The first-order chi connectivity index (χ1) is 15.7. The third kappa shape index (κ3) is 6.87. The Balaban J connectivity index is 0.00000306. The Labute approximate surface area is 213 Å². The van der Waals surface area contributed by atoms with Crippen molar-refractivity contribution in [2.75, 3.05) is 46.3 Å². The molecule has 1 saturated heterocycles. The minimum absolute atomic E-state index is 0. The molecule has 2 aromatic heterocycles. The number of nitrogens with one attached hydrogen (secondary N) is 2. The van der Waals surface area contributed by atoms with Crippen LogP contribution < -0.4 is 10.6 Å². The Kier molecular flexibility index (Phi) is 9.89. The molecule has 1 fully saturated rings. The number of piperazine rings is 1. The number of aliphatic imine (C=N–C) groups is 1. The Hall–Kier alpha value is -2.24. The van der Waals surface area contributed by atoms with E-state index in [4.69, 9.17) is 4.99 Å². The third-order valence-corrected chi connectivity index (χ3v) is 5.90. The average molecular weight is 563 g/mol. The van der Waals surface area contributed by atoms with Gasteiger partial charge in [0.05, 0.1) is 0 Å². The lowest BCUT2D eigenvalue weighted by atomic mass is 10.0. The van der Waals surface area contributed by atoms with Gasteiger partial charge < -0.3 is 15.5 Å². The summed E-state index contributed by atoms with van der Waals surface area (Å²) in [6, 6.07) is 17.2. The highest BCUT2D eigenvalue weighted by Crippen LogP contribution is 2.24. The fourth-order valence-corrected chi connectivity index (χ4v) is 4.20. The van der Waals surface area contributed by atoms with Crippen LogP contribution in [0, 0.1) is 0 Å². The molecular formula is C24H35IN8. The third-order valence-electron chi connectivity index (χ3n) is 5.90. The van der Waals surface area contributed by atoms with E-state index in [0.29, 0.717) is 12.6 Å². The van der Waals surface area contributed by atoms with Gasteiger partial charge in [-0.15, -0.1) is 34.2 Å². The lowest BCUT2D eigenvalue weighted by molar-refractivity contribution is 0.0891. The first kappa shape index (κ1) is 25.4. The van der Waals surface area contributed by atoms with Crippen molar-refractivity contribution in [1.82, 2.24) is 35.0 Å². The molecule has 0 radical (unpaired) electrons. The molecule has 178 valence electrons. The highest BCUT2D eigenvalue weighted by Gasteiger charge is 2.25. The summed E-state index contributed by atoms with van der Waals surface area (Å²) in [4.78, 5) is 9.76. The van der Waals surface area contributed by atoms with Gasteiger partial charge in [-0.05, 0) is 38.1 Å². The number of guanidine groups is 1. The van der Waals surface area contributed by atoms with Gasteiger partial charge in [-0.25, -0.2) is 4.99 Å². The molecule has 0 amide bonds. The van der Waals surface area contributed by atoms with Gasteiger partial charge >= 0.3 is 0 Å². The second-order valence-corrected chi connectivity index (χ2v) is 8.25. The molecule has 3 heterocycles. The van der Waals surface area contributed by atoms with Gasteiger partial charge in [0.1, 0.15) is 6.54 Å². The summed E-state index contributed by atoms with van der Waals surface area (Å²) in [5, 5.41) is 15.3. The molecule has 0 spiro atoms. The fraction of sp³-hybridized carbons (Fsp3) is 0.458. The maximum atomic E-state index is 4.71. The van der Waals surface area contributed by atoms with Gasteiger partial charge in [0.15, 0.2) is 17.4 Å². The lowest BCUT2D eigenvalue weighted by Crippen LogP contribution is -2.47. The molecule has 8 nitrogen and oxygen atoms in total. The van der Waals surface area contributed by atoms with Crippen LogP contribution in [0.25, 0.3) is 5.65 Å². The summed E-state index contributed by atoms with van der Waals surface area (Å²) >= 11 is 0. The van der Waals surface area contributed by atoms with Gasteiger partial charge in [-0.2, -0.15) is 0 Å². The van der Waals surface area contributed by atoms with E-state index < -0.39 is 0 Å². The average Bonchev–Trinajstić information content (AvgIpc) is 3.24. The van der Waals surface area contributed by atoms with E-state index in [9.17, 15) is 0 Å². The maximum Gasteiger partial charge on any atom is 0.191 e. The van der Waals surface area contributed by atoms with E-state index in [1.165, 1.54) is 5.56 Å². The predicted molar refractivity (Wildman–Crippen MR) is 144 cm³/mol. The Morgan fingerprint density at radius 3 is 2.70 bits per heavy atom. The van der Waals surface area contributed by atoms with Gasteiger partial charge in [-0.3, -0.25) is 9.30 Å². The van der Waals surface area contributed by atoms with E-state index >= 15 is 0 Å². The van der Waals surface area contributed by atoms with E-state index in [2.05, 4.69) is 74.9 Å². The molecule has 2 N–H and O–H groups in total. The Bertz CT molecular complexity index is 1010. The molecule has 1 aliphatic rings. The van der Waals surface area contributed by atoms with Gasteiger partial charge in [0.2, 0.25) is 0 Å².